The average molecular weight is 412 g/mol. The Bertz CT molecular complexity index is 636. The molecule has 0 fully saturated rings. The summed E-state index contributed by atoms with van der Waals surface area (Å²) in [6, 6.07) is 9.41. The van der Waals surface area contributed by atoms with E-state index in [1.54, 1.807) is 24.3 Å². The predicted octanol–water partition coefficient (Wildman–Crippen LogP) is 4.48. The van der Waals surface area contributed by atoms with Crippen LogP contribution < -0.4 is 9.47 Å². The van der Waals surface area contributed by atoms with Crippen molar-refractivity contribution in [2.45, 2.75) is 12.2 Å². The van der Waals surface area contributed by atoms with E-state index in [4.69, 9.17) is 55.9 Å². The van der Waals surface area contributed by atoms with Gasteiger partial charge in [0, 0.05) is 10.0 Å². The van der Waals surface area contributed by atoms with E-state index < -0.39 is 12.2 Å². The SMILES string of the molecule is O[C@H](COc1ccc(Cl)cc1Cl)[C@@H](O)COc1ccc(Cl)cc1Cl. The van der Waals surface area contributed by atoms with Crippen LogP contribution in [0, 0.1) is 0 Å². The molecule has 0 aliphatic heterocycles. The third-order valence-corrected chi connectivity index (χ3v) is 4.11. The Morgan fingerprint density at radius 2 is 1.08 bits per heavy atom. The van der Waals surface area contributed by atoms with Gasteiger partial charge < -0.3 is 19.7 Å². The summed E-state index contributed by atoms with van der Waals surface area (Å²) in [5.41, 5.74) is 0. The van der Waals surface area contributed by atoms with Crippen LogP contribution in [0.2, 0.25) is 20.1 Å². The van der Waals surface area contributed by atoms with E-state index in [-0.39, 0.29) is 13.2 Å². The summed E-state index contributed by atoms with van der Waals surface area (Å²) in [7, 11) is 0. The summed E-state index contributed by atoms with van der Waals surface area (Å²) in [5.74, 6) is 0.711. The van der Waals surface area contributed by atoms with E-state index in [9.17, 15) is 10.2 Å². The van der Waals surface area contributed by atoms with Gasteiger partial charge in [0.15, 0.2) is 0 Å². The van der Waals surface area contributed by atoms with Crippen molar-refractivity contribution in [2.75, 3.05) is 13.2 Å². The van der Waals surface area contributed by atoms with E-state index in [0.29, 0.717) is 31.6 Å². The lowest BCUT2D eigenvalue weighted by Crippen LogP contribution is -2.36. The first-order chi connectivity index (χ1) is 11.4. The monoisotopic (exact) mass is 410 g/mol. The topological polar surface area (TPSA) is 58.9 Å². The Hall–Kier alpha value is -0.880. The van der Waals surface area contributed by atoms with Gasteiger partial charge in [0.05, 0.1) is 10.0 Å². The van der Waals surface area contributed by atoms with Crippen molar-refractivity contribution in [1.29, 1.82) is 0 Å². The Morgan fingerprint density at radius 3 is 1.42 bits per heavy atom. The van der Waals surface area contributed by atoms with Crippen LogP contribution >= 0.6 is 46.4 Å². The van der Waals surface area contributed by atoms with Gasteiger partial charge in [-0.25, -0.2) is 0 Å². The minimum absolute atomic E-state index is 0.166. The maximum absolute atomic E-state index is 9.94. The molecule has 2 rings (SSSR count). The van der Waals surface area contributed by atoms with Crippen molar-refractivity contribution in [3.63, 3.8) is 0 Å². The van der Waals surface area contributed by atoms with Gasteiger partial charge in [0.1, 0.15) is 36.9 Å². The summed E-state index contributed by atoms with van der Waals surface area (Å²) >= 11 is 23.5. The molecule has 0 aliphatic rings. The highest BCUT2D eigenvalue weighted by molar-refractivity contribution is 6.36. The van der Waals surface area contributed by atoms with Crippen LogP contribution in [0.15, 0.2) is 36.4 Å². The Labute approximate surface area is 159 Å². The molecule has 2 aromatic rings. The highest BCUT2D eigenvalue weighted by atomic mass is 35.5. The standard InChI is InChI=1S/C16H14Cl4O4/c17-9-1-3-15(11(19)5-9)23-7-13(21)14(22)8-24-16-4-2-10(18)6-12(16)20/h1-6,13-14,21-22H,7-8H2/t13-,14+. The molecule has 0 radical (unpaired) electrons. The van der Waals surface area contributed by atoms with Crippen LogP contribution in [-0.2, 0) is 0 Å². The minimum atomic E-state index is -1.18. The molecule has 8 heteroatoms. The number of benzene rings is 2. The second-order valence-electron chi connectivity index (χ2n) is 4.91. The number of ether oxygens (including phenoxy) is 2. The van der Waals surface area contributed by atoms with Crippen LogP contribution in [0.3, 0.4) is 0 Å². The molecule has 0 saturated heterocycles. The van der Waals surface area contributed by atoms with Gasteiger partial charge in [-0.15, -0.1) is 0 Å². The second-order valence-corrected chi connectivity index (χ2v) is 6.59. The molecule has 24 heavy (non-hydrogen) atoms. The second kappa shape index (κ2) is 8.99. The molecular weight excluding hydrogens is 398 g/mol. The molecule has 0 aliphatic carbocycles. The van der Waals surface area contributed by atoms with E-state index in [1.165, 1.54) is 12.1 Å². The van der Waals surface area contributed by atoms with Gasteiger partial charge in [0.25, 0.3) is 0 Å². The molecule has 4 nitrogen and oxygen atoms in total. The predicted molar refractivity (Wildman–Crippen MR) is 95.9 cm³/mol. The van der Waals surface area contributed by atoms with Crippen molar-refractivity contribution in [3.8, 4) is 11.5 Å². The van der Waals surface area contributed by atoms with E-state index >= 15 is 0 Å². The normalized spacial score (nSPS) is 13.4. The fourth-order valence-electron chi connectivity index (χ4n) is 1.76. The van der Waals surface area contributed by atoms with Crippen LogP contribution in [-0.4, -0.2) is 35.6 Å². The molecule has 0 aromatic heterocycles. The highest BCUT2D eigenvalue weighted by Crippen LogP contribution is 2.28. The summed E-state index contributed by atoms with van der Waals surface area (Å²) in [6.07, 6.45) is -2.36. The van der Waals surface area contributed by atoms with E-state index in [1.807, 2.05) is 0 Å². The zero-order valence-electron chi connectivity index (χ0n) is 12.3. The first kappa shape index (κ1) is 19.4. The molecule has 0 unspecified atom stereocenters. The molecule has 2 N–H and O–H groups in total. The van der Waals surface area contributed by atoms with Crippen molar-refractivity contribution in [2.24, 2.45) is 0 Å². The van der Waals surface area contributed by atoms with Gasteiger partial charge in [0.2, 0.25) is 0 Å². The molecule has 0 heterocycles. The number of aliphatic hydroxyl groups excluding tert-OH is 2. The maximum Gasteiger partial charge on any atom is 0.138 e. The molecule has 130 valence electrons. The van der Waals surface area contributed by atoms with Crippen LogP contribution in [0.25, 0.3) is 0 Å². The number of rotatable bonds is 7. The van der Waals surface area contributed by atoms with Crippen LogP contribution in [0.4, 0.5) is 0 Å². The van der Waals surface area contributed by atoms with Crippen molar-refractivity contribution in [3.05, 3.63) is 56.5 Å². The summed E-state index contributed by atoms with van der Waals surface area (Å²) < 4.78 is 10.7. The smallest absolute Gasteiger partial charge is 0.138 e. The molecular formula is C16H14Cl4O4. The zero-order chi connectivity index (χ0) is 17.7. The Balaban J connectivity index is 1.84. The zero-order valence-corrected chi connectivity index (χ0v) is 15.3. The van der Waals surface area contributed by atoms with Crippen molar-refractivity contribution < 1.29 is 19.7 Å². The lowest BCUT2D eigenvalue weighted by Gasteiger charge is -2.19. The molecule has 0 spiro atoms. The van der Waals surface area contributed by atoms with Crippen molar-refractivity contribution >= 4 is 46.4 Å². The maximum atomic E-state index is 9.94. The van der Waals surface area contributed by atoms with Gasteiger partial charge in [-0.1, -0.05) is 46.4 Å². The lowest BCUT2D eigenvalue weighted by molar-refractivity contribution is -0.0288. The van der Waals surface area contributed by atoms with Gasteiger partial charge in [-0.3, -0.25) is 0 Å². The molecule has 2 atom stereocenters. The summed E-state index contributed by atoms with van der Waals surface area (Å²) in [5, 5.41) is 21.4. The first-order valence-corrected chi connectivity index (χ1v) is 8.40. The van der Waals surface area contributed by atoms with Crippen LogP contribution in [0.5, 0.6) is 11.5 Å². The van der Waals surface area contributed by atoms with Gasteiger partial charge in [-0.2, -0.15) is 0 Å². The largest absolute Gasteiger partial charge is 0.489 e. The third kappa shape index (κ3) is 5.59. The summed E-state index contributed by atoms with van der Waals surface area (Å²) in [4.78, 5) is 0. The quantitative estimate of drug-likeness (QED) is 0.705. The minimum Gasteiger partial charge on any atom is -0.489 e. The fraction of sp³-hybridized carbons (Fsp3) is 0.250. The molecule has 0 saturated carbocycles. The number of aliphatic hydroxyl groups is 2. The lowest BCUT2D eigenvalue weighted by atomic mass is 10.2. The fourth-order valence-corrected chi connectivity index (χ4v) is 2.68. The van der Waals surface area contributed by atoms with E-state index in [2.05, 4.69) is 0 Å². The number of halogens is 4. The molecule has 2 aromatic carbocycles. The van der Waals surface area contributed by atoms with E-state index in [0.717, 1.165) is 0 Å². The molecule has 0 bridgehead atoms. The number of hydrogen-bond donors (Lipinski definition) is 2. The Morgan fingerprint density at radius 1 is 0.708 bits per heavy atom. The van der Waals surface area contributed by atoms with Gasteiger partial charge >= 0.3 is 0 Å². The van der Waals surface area contributed by atoms with Crippen LogP contribution in [0.1, 0.15) is 0 Å². The highest BCUT2D eigenvalue weighted by Gasteiger charge is 2.19. The molecule has 0 amide bonds. The van der Waals surface area contributed by atoms with Crippen molar-refractivity contribution in [1.82, 2.24) is 0 Å². The average Bonchev–Trinajstić information content (AvgIpc) is 2.52. The first-order valence-electron chi connectivity index (χ1n) is 6.88. The van der Waals surface area contributed by atoms with Gasteiger partial charge in [-0.05, 0) is 36.4 Å². The third-order valence-electron chi connectivity index (χ3n) is 3.05. The number of hydrogen-bond acceptors (Lipinski definition) is 4. The summed E-state index contributed by atoms with van der Waals surface area (Å²) in [6.45, 7) is -0.333. The Kier molecular flexibility index (Phi) is 7.29.